The van der Waals surface area contributed by atoms with Crippen molar-refractivity contribution in [3.8, 4) is 66.8 Å². The van der Waals surface area contributed by atoms with Crippen LogP contribution in [0.1, 0.15) is 17.9 Å². The molecule has 8 aromatic rings. The monoisotopic (exact) mass is 606 g/mol. The summed E-state index contributed by atoms with van der Waals surface area (Å²) < 4.78 is 0. The summed E-state index contributed by atoms with van der Waals surface area (Å²) in [6.07, 6.45) is 10.2. The molecular formula is C48H30. The molecule has 0 heterocycles. The van der Waals surface area contributed by atoms with Gasteiger partial charge in [0.05, 0.1) is 0 Å². The van der Waals surface area contributed by atoms with Gasteiger partial charge in [0.1, 0.15) is 0 Å². The average molecular weight is 607 g/mol. The van der Waals surface area contributed by atoms with Crippen molar-refractivity contribution >= 4 is 32.3 Å². The molecule has 1 unspecified atom stereocenters. The van der Waals surface area contributed by atoms with Crippen LogP contribution in [-0.2, 0) is 0 Å². The predicted molar refractivity (Wildman–Crippen MR) is 204 cm³/mol. The highest BCUT2D eigenvalue weighted by atomic mass is 14.3. The molecule has 48 heavy (non-hydrogen) atoms. The first kappa shape index (κ1) is 26.1. The van der Waals surface area contributed by atoms with Gasteiger partial charge < -0.3 is 0 Å². The van der Waals surface area contributed by atoms with Crippen molar-refractivity contribution in [1.82, 2.24) is 0 Å². The Hall–Kier alpha value is -5.98. The minimum atomic E-state index is 0.294. The largest absolute Gasteiger partial charge is 0.0836 e. The van der Waals surface area contributed by atoms with E-state index in [-0.39, 0.29) is 0 Å². The van der Waals surface area contributed by atoms with Crippen molar-refractivity contribution in [2.24, 2.45) is 0 Å². The first-order valence-electron chi connectivity index (χ1n) is 17.1. The second-order valence-electron chi connectivity index (χ2n) is 13.5. The SMILES string of the molecule is C1=CCC(c2c3c(c(-c4ccccc4)c4ccc(-c5ccc6c(c5)-c5cccc7cccc-6c57)cc24)-c2cccc4cccc-3c24)C=C1. The summed E-state index contributed by atoms with van der Waals surface area (Å²) >= 11 is 0. The first-order valence-corrected chi connectivity index (χ1v) is 17.1. The zero-order valence-electron chi connectivity index (χ0n) is 26.4. The van der Waals surface area contributed by atoms with Crippen molar-refractivity contribution in [3.63, 3.8) is 0 Å². The van der Waals surface area contributed by atoms with E-state index >= 15 is 0 Å². The van der Waals surface area contributed by atoms with Crippen LogP contribution in [0.5, 0.6) is 0 Å². The highest BCUT2D eigenvalue weighted by Crippen LogP contribution is 2.57. The number of allylic oxidation sites excluding steroid dienone is 4. The summed E-state index contributed by atoms with van der Waals surface area (Å²) in [5, 5.41) is 8.05. The number of hydrogen-bond donors (Lipinski definition) is 0. The van der Waals surface area contributed by atoms with Crippen LogP contribution in [-0.4, -0.2) is 0 Å². The van der Waals surface area contributed by atoms with Crippen LogP contribution in [0.2, 0.25) is 0 Å². The molecule has 222 valence electrons. The molecule has 0 fully saturated rings. The van der Waals surface area contributed by atoms with Gasteiger partial charge in [-0.1, -0.05) is 152 Å². The second kappa shape index (κ2) is 9.77. The van der Waals surface area contributed by atoms with Crippen molar-refractivity contribution < 1.29 is 0 Å². The average Bonchev–Trinajstić information content (AvgIpc) is 3.66. The zero-order chi connectivity index (χ0) is 31.3. The Morgan fingerprint density at radius 2 is 1.04 bits per heavy atom. The summed E-state index contributed by atoms with van der Waals surface area (Å²) in [5.41, 5.74) is 17.4. The lowest BCUT2D eigenvalue weighted by Crippen LogP contribution is -2.03. The van der Waals surface area contributed by atoms with Crippen molar-refractivity contribution in [2.45, 2.75) is 12.3 Å². The summed E-state index contributed by atoms with van der Waals surface area (Å²) in [6, 6.07) is 52.5. The first-order chi connectivity index (χ1) is 23.8. The van der Waals surface area contributed by atoms with Crippen LogP contribution >= 0.6 is 0 Å². The third-order valence-electron chi connectivity index (χ3n) is 11.0. The molecular weight excluding hydrogens is 577 g/mol. The lowest BCUT2D eigenvalue weighted by Gasteiger charge is -2.25. The molecule has 0 spiro atoms. The van der Waals surface area contributed by atoms with Crippen LogP contribution in [0.3, 0.4) is 0 Å². The Labute approximate surface area is 279 Å². The molecule has 0 saturated carbocycles. The van der Waals surface area contributed by atoms with Crippen LogP contribution < -0.4 is 0 Å². The summed E-state index contributed by atoms with van der Waals surface area (Å²) in [5.74, 6) is 0.294. The number of rotatable bonds is 3. The number of hydrogen-bond acceptors (Lipinski definition) is 0. The fourth-order valence-corrected chi connectivity index (χ4v) is 9.06. The highest BCUT2D eigenvalue weighted by molar-refractivity contribution is 6.24. The van der Waals surface area contributed by atoms with Gasteiger partial charge in [0, 0.05) is 5.92 Å². The Morgan fingerprint density at radius 3 is 1.77 bits per heavy atom. The number of benzene rings is 8. The molecule has 0 heteroatoms. The van der Waals surface area contributed by atoms with Gasteiger partial charge in [0.2, 0.25) is 0 Å². The summed E-state index contributed by atoms with van der Waals surface area (Å²) in [6.45, 7) is 0. The molecule has 8 aromatic carbocycles. The van der Waals surface area contributed by atoms with Crippen LogP contribution in [0.25, 0.3) is 99.1 Å². The fourth-order valence-electron chi connectivity index (χ4n) is 9.06. The van der Waals surface area contributed by atoms with E-state index in [9.17, 15) is 0 Å². The molecule has 3 aliphatic rings. The number of fused-ring (bicyclic) bond motifs is 7. The van der Waals surface area contributed by atoms with Crippen molar-refractivity contribution in [2.75, 3.05) is 0 Å². The van der Waals surface area contributed by atoms with Gasteiger partial charge in [-0.05, 0) is 123 Å². The van der Waals surface area contributed by atoms with E-state index in [1.807, 2.05) is 0 Å². The fraction of sp³-hybridized carbons (Fsp3) is 0.0417. The van der Waals surface area contributed by atoms with Crippen LogP contribution in [0.4, 0.5) is 0 Å². The summed E-state index contributed by atoms with van der Waals surface area (Å²) in [7, 11) is 0. The van der Waals surface area contributed by atoms with Gasteiger partial charge >= 0.3 is 0 Å². The van der Waals surface area contributed by atoms with Gasteiger partial charge in [-0.15, -0.1) is 0 Å². The van der Waals surface area contributed by atoms with Crippen molar-refractivity contribution in [3.05, 3.63) is 169 Å². The Bertz CT molecular complexity index is 2730. The van der Waals surface area contributed by atoms with Gasteiger partial charge in [0.15, 0.2) is 0 Å². The minimum Gasteiger partial charge on any atom is -0.0836 e. The minimum absolute atomic E-state index is 0.294. The van der Waals surface area contributed by atoms with Gasteiger partial charge in [-0.25, -0.2) is 0 Å². The molecule has 0 radical (unpaired) electrons. The molecule has 0 saturated heterocycles. The molecule has 1 atom stereocenters. The smallest absolute Gasteiger partial charge is 0.00682 e. The lowest BCUT2D eigenvalue weighted by atomic mass is 9.78. The Morgan fingerprint density at radius 1 is 0.396 bits per heavy atom. The third-order valence-corrected chi connectivity index (χ3v) is 11.0. The lowest BCUT2D eigenvalue weighted by molar-refractivity contribution is 0.865. The maximum absolute atomic E-state index is 2.50. The maximum atomic E-state index is 2.50. The summed E-state index contributed by atoms with van der Waals surface area (Å²) in [4.78, 5) is 0. The molecule has 0 aliphatic heterocycles. The third kappa shape index (κ3) is 3.50. The van der Waals surface area contributed by atoms with E-state index in [0.29, 0.717) is 5.92 Å². The predicted octanol–water partition coefficient (Wildman–Crippen LogP) is 13.4. The normalized spacial score (nSPS) is 15.0. The van der Waals surface area contributed by atoms with Gasteiger partial charge in [-0.3, -0.25) is 0 Å². The molecule has 0 amide bonds. The van der Waals surface area contributed by atoms with Crippen molar-refractivity contribution in [1.29, 1.82) is 0 Å². The molecule has 0 bridgehead atoms. The van der Waals surface area contributed by atoms with Crippen LogP contribution in [0.15, 0.2) is 164 Å². The van der Waals surface area contributed by atoms with E-state index in [2.05, 4.69) is 164 Å². The van der Waals surface area contributed by atoms with Crippen LogP contribution in [0, 0.1) is 0 Å². The standard InChI is InChI=1S/C48H30/c1-3-11-31(12-4-1)45-38-26-24-34(33-23-25-35-36-19-7-15-29-16-8-20-37(43(29)36)41(35)27-33)28-42(38)46(32-13-5-2-6-14-32)48-40-22-10-18-30-17-9-21-39(44(30)40)47(45)48/h1-13,15-28,32H,14H2. The Balaban J connectivity index is 1.23. The molecule has 3 aliphatic carbocycles. The Kier molecular flexibility index (Phi) is 5.32. The topological polar surface area (TPSA) is 0 Å². The molecule has 0 nitrogen and oxygen atoms in total. The van der Waals surface area contributed by atoms with Gasteiger partial charge in [-0.2, -0.15) is 0 Å². The maximum Gasteiger partial charge on any atom is 0.00682 e. The molecule has 0 N–H and O–H groups in total. The quantitative estimate of drug-likeness (QED) is 0.188. The highest BCUT2D eigenvalue weighted by Gasteiger charge is 2.32. The molecule has 11 rings (SSSR count). The van der Waals surface area contributed by atoms with Gasteiger partial charge in [0.25, 0.3) is 0 Å². The zero-order valence-corrected chi connectivity index (χ0v) is 26.4. The van der Waals surface area contributed by atoms with E-state index in [4.69, 9.17) is 0 Å². The second-order valence-corrected chi connectivity index (χ2v) is 13.5. The van der Waals surface area contributed by atoms with E-state index in [0.717, 1.165) is 6.42 Å². The molecule has 0 aromatic heterocycles. The van der Waals surface area contributed by atoms with E-state index < -0.39 is 0 Å². The van der Waals surface area contributed by atoms with E-state index in [1.54, 1.807) is 0 Å². The van der Waals surface area contributed by atoms with E-state index in [1.165, 1.54) is 105 Å².